The highest BCUT2D eigenvalue weighted by atomic mass is 79.9. The van der Waals surface area contributed by atoms with Crippen molar-refractivity contribution < 1.29 is 30.8 Å². The highest BCUT2D eigenvalue weighted by Crippen LogP contribution is 2.09. The molecule has 0 bridgehead atoms. The van der Waals surface area contributed by atoms with Crippen molar-refractivity contribution in [3.8, 4) is 0 Å². The average molecular weight is 347 g/mol. The van der Waals surface area contributed by atoms with Crippen LogP contribution in [0.25, 0.3) is 10.8 Å². The number of nitrogens with zero attached hydrogens (tertiary/aromatic N) is 2. The van der Waals surface area contributed by atoms with E-state index >= 15 is 0 Å². The second-order valence-electron chi connectivity index (χ2n) is 4.53. The molecule has 0 saturated carbocycles. The van der Waals surface area contributed by atoms with Gasteiger partial charge in [0, 0.05) is 16.3 Å². The third-order valence-corrected chi connectivity index (χ3v) is 3.10. The lowest BCUT2D eigenvalue weighted by Crippen LogP contribution is -3.00. The Kier molecular flexibility index (Phi) is 4.75. The molecule has 0 spiro atoms. The lowest BCUT2D eigenvalue weighted by Gasteiger charge is -1.98. The molecule has 3 aromatic rings. The van der Waals surface area contributed by atoms with E-state index in [0.29, 0.717) is 5.56 Å². The summed E-state index contributed by atoms with van der Waals surface area (Å²) in [5, 5.41) is 6.26. The van der Waals surface area contributed by atoms with E-state index in [9.17, 15) is 9.18 Å². The van der Waals surface area contributed by atoms with Crippen molar-refractivity contribution >= 4 is 16.6 Å². The molecule has 3 nitrogen and oxygen atoms in total. The molecule has 2 aromatic carbocycles. The quantitative estimate of drug-likeness (QED) is 0.475. The third kappa shape index (κ3) is 3.49. The maximum absolute atomic E-state index is 12.8. The van der Waals surface area contributed by atoms with Gasteiger partial charge in [0.15, 0.2) is 0 Å². The molecule has 0 atom stereocenters. The zero-order valence-electron chi connectivity index (χ0n) is 11.0. The van der Waals surface area contributed by atoms with Gasteiger partial charge in [-0.15, -0.1) is 0 Å². The zero-order chi connectivity index (χ0) is 13.9. The molecule has 0 saturated heterocycles. The van der Waals surface area contributed by atoms with Crippen molar-refractivity contribution in [3.63, 3.8) is 0 Å². The van der Waals surface area contributed by atoms with Crippen LogP contribution in [-0.4, -0.2) is 10.9 Å². The number of halogens is 2. The zero-order valence-corrected chi connectivity index (χ0v) is 12.6. The van der Waals surface area contributed by atoms with Gasteiger partial charge < -0.3 is 17.0 Å². The third-order valence-electron chi connectivity index (χ3n) is 3.10. The second-order valence-corrected chi connectivity index (χ2v) is 4.53. The fourth-order valence-corrected chi connectivity index (χ4v) is 2.04. The van der Waals surface area contributed by atoms with E-state index in [0.717, 1.165) is 10.8 Å². The van der Waals surface area contributed by atoms with Crippen LogP contribution < -0.4 is 21.7 Å². The smallest absolute Gasteiger partial charge is 0.236 e. The van der Waals surface area contributed by atoms with Gasteiger partial charge in [-0.1, -0.05) is 22.9 Å². The summed E-state index contributed by atoms with van der Waals surface area (Å²) in [6.45, 7) is 0.135. The van der Waals surface area contributed by atoms with E-state index in [-0.39, 0.29) is 35.1 Å². The monoisotopic (exact) mass is 346 g/mol. The first-order chi connectivity index (χ1) is 9.72. The molecule has 0 radical (unpaired) electrons. The van der Waals surface area contributed by atoms with Gasteiger partial charge in [-0.05, 0) is 35.4 Å². The van der Waals surface area contributed by atoms with Crippen molar-refractivity contribution in [2.45, 2.75) is 6.54 Å². The molecule has 5 heteroatoms. The van der Waals surface area contributed by atoms with Gasteiger partial charge in [0.2, 0.25) is 18.5 Å². The topological polar surface area (TPSA) is 33.8 Å². The number of carbonyl (C=O) groups excluding carboxylic acids is 1. The fraction of sp³-hybridized carbons (Fsp3) is 0.0625. The molecular weight excluding hydrogens is 335 g/mol. The Bertz CT molecular complexity index is 775. The summed E-state index contributed by atoms with van der Waals surface area (Å²) in [4.78, 5) is 12.1. The molecule has 0 N–H and O–H groups in total. The van der Waals surface area contributed by atoms with Crippen LogP contribution in [0.15, 0.2) is 60.9 Å². The van der Waals surface area contributed by atoms with E-state index in [4.69, 9.17) is 0 Å². The van der Waals surface area contributed by atoms with Crippen LogP contribution in [0.4, 0.5) is 4.39 Å². The summed E-state index contributed by atoms with van der Waals surface area (Å²) in [6, 6.07) is 13.4. The summed E-state index contributed by atoms with van der Waals surface area (Å²) >= 11 is 0. The van der Waals surface area contributed by atoms with Crippen molar-refractivity contribution in [3.05, 3.63) is 72.3 Å². The molecule has 0 amide bonds. The van der Waals surface area contributed by atoms with Crippen molar-refractivity contribution in [1.82, 2.24) is 5.10 Å². The lowest BCUT2D eigenvalue weighted by molar-refractivity contribution is -0.740. The van der Waals surface area contributed by atoms with Crippen LogP contribution in [0.3, 0.4) is 0 Å². The predicted octanol–water partition coefficient (Wildman–Crippen LogP) is -0.452. The molecule has 1 aromatic heterocycles. The lowest BCUT2D eigenvalue weighted by atomic mass is 10.1. The van der Waals surface area contributed by atoms with Crippen LogP contribution in [0.1, 0.15) is 10.4 Å². The van der Waals surface area contributed by atoms with Crippen LogP contribution in [0.2, 0.25) is 0 Å². The standard InChI is InChI=1S/C16H12FN2O.BrH/c17-15-7-5-12(6-8-15)16(20)11-19-10-14-4-2-1-3-13(14)9-18-19;/h1-10H,11H2;1H/q+1;/p-1. The molecule has 0 fully saturated rings. The highest BCUT2D eigenvalue weighted by molar-refractivity contribution is 5.95. The Balaban J connectivity index is 0.00000161. The number of fused-ring (bicyclic) bond motifs is 1. The molecule has 3 rings (SSSR count). The molecule has 0 aliphatic heterocycles. The van der Waals surface area contributed by atoms with Gasteiger partial charge >= 0.3 is 0 Å². The second kappa shape index (κ2) is 6.54. The SMILES string of the molecule is O=C(C[n+]1cc2ccccc2cn1)c1ccc(F)cc1.[Br-]. The number of hydrogen-bond donors (Lipinski definition) is 0. The van der Waals surface area contributed by atoms with Crippen molar-refractivity contribution in [1.29, 1.82) is 0 Å². The Morgan fingerprint density at radius 1 is 1.05 bits per heavy atom. The van der Waals surface area contributed by atoms with Gasteiger partial charge in [-0.3, -0.25) is 4.79 Å². The number of rotatable bonds is 3. The largest absolute Gasteiger partial charge is 1.00 e. The summed E-state index contributed by atoms with van der Waals surface area (Å²) in [7, 11) is 0. The number of aromatic nitrogens is 2. The van der Waals surface area contributed by atoms with Crippen LogP contribution >= 0.6 is 0 Å². The Morgan fingerprint density at radius 3 is 2.43 bits per heavy atom. The fourth-order valence-electron chi connectivity index (χ4n) is 2.04. The van der Waals surface area contributed by atoms with Crippen LogP contribution in [0, 0.1) is 5.82 Å². The first-order valence-electron chi connectivity index (χ1n) is 6.26. The molecule has 1 heterocycles. The predicted molar refractivity (Wildman–Crippen MR) is 72.7 cm³/mol. The normalized spacial score (nSPS) is 10.1. The highest BCUT2D eigenvalue weighted by Gasteiger charge is 2.14. The van der Waals surface area contributed by atoms with Crippen LogP contribution in [0.5, 0.6) is 0 Å². The van der Waals surface area contributed by atoms with Gasteiger partial charge in [0.05, 0.1) is 0 Å². The minimum atomic E-state index is -0.349. The van der Waals surface area contributed by atoms with Gasteiger partial charge in [0.25, 0.3) is 0 Å². The first-order valence-corrected chi connectivity index (χ1v) is 6.26. The summed E-state index contributed by atoms with van der Waals surface area (Å²) in [5.74, 6) is -0.448. The van der Waals surface area contributed by atoms with Gasteiger partial charge in [-0.25, -0.2) is 4.39 Å². The minimum Gasteiger partial charge on any atom is -1.00 e. The van der Waals surface area contributed by atoms with E-state index in [1.807, 2.05) is 30.5 Å². The number of benzene rings is 2. The van der Waals surface area contributed by atoms with Gasteiger partial charge in [0.1, 0.15) is 12.0 Å². The van der Waals surface area contributed by atoms with Crippen molar-refractivity contribution in [2.24, 2.45) is 0 Å². The molecule has 0 unspecified atom stereocenters. The average Bonchev–Trinajstić information content (AvgIpc) is 2.48. The number of hydrogen-bond acceptors (Lipinski definition) is 2. The van der Waals surface area contributed by atoms with E-state index < -0.39 is 0 Å². The number of Topliss-reactive ketones (excluding diaryl/α,β-unsaturated/α-hetero) is 1. The Morgan fingerprint density at radius 2 is 1.71 bits per heavy atom. The van der Waals surface area contributed by atoms with E-state index in [2.05, 4.69) is 5.10 Å². The van der Waals surface area contributed by atoms with Gasteiger partial charge in [-0.2, -0.15) is 0 Å². The maximum atomic E-state index is 12.8. The first kappa shape index (κ1) is 15.3. The number of ketones is 1. The van der Waals surface area contributed by atoms with Crippen LogP contribution in [-0.2, 0) is 6.54 Å². The van der Waals surface area contributed by atoms with Crippen molar-refractivity contribution in [2.75, 3.05) is 0 Å². The Labute approximate surface area is 131 Å². The van der Waals surface area contributed by atoms with E-state index in [1.165, 1.54) is 24.3 Å². The Hall–Kier alpha value is -2.14. The molecular formula is C16H12BrFN2O. The van der Waals surface area contributed by atoms with E-state index in [1.54, 1.807) is 10.9 Å². The minimum absolute atomic E-state index is 0. The summed E-state index contributed by atoms with van der Waals surface area (Å²) in [6.07, 6.45) is 3.56. The summed E-state index contributed by atoms with van der Waals surface area (Å²) < 4.78 is 14.4. The summed E-state index contributed by atoms with van der Waals surface area (Å²) in [5.41, 5.74) is 0.480. The molecule has 0 aliphatic rings. The molecule has 106 valence electrons. The molecule has 21 heavy (non-hydrogen) atoms. The molecule has 0 aliphatic carbocycles. The number of carbonyl (C=O) groups is 1. The maximum Gasteiger partial charge on any atom is 0.236 e.